The van der Waals surface area contributed by atoms with Crippen LogP contribution in [-0.4, -0.2) is 28.0 Å². The van der Waals surface area contributed by atoms with E-state index < -0.39 is 0 Å². The molecule has 2 saturated heterocycles. The van der Waals surface area contributed by atoms with Crippen LogP contribution in [0.4, 0.5) is 4.39 Å². The lowest BCUT2D eigenvalue weighted by atomic mass is 9.85. The van der Waals surface area contributed by atoms with Gasteiger partial charge in [-0.1, -0.05) is 35.3 Å². The van der Waals surface area contributed by atoms with Crippen molar-refractivity contribution in [1.82, 2.24) is 4.90 Å². The molecule has 4 rings (SSSR count). The summed E-state index contributed by atoms with van der Waals surface area (Å²) in [6.45, 7) is 0. The largest absolute Gasteiger partial charge is 0.505 e. The molecule has 0 spiro atoms. The Morgan fingerprint density at radius 1 is 1.04 bits per heavy atom. The predicted octanol–water partition coefficient (Wildman–Crippen LogP) is 5.39. The number of carbonyl (C=O) groups excluding carboxylic acids is 1. The van der Waals surface area contributed by atoms with Gasteiger partial charge in [0.15, 0.2) is 5.75 Å². The van der Waals surface area contributed by atoms with Gasteiger partial charge < -0.3 is 10.0 Å². The molecule has 0 aromatic heterocycles. The van der Waals surface area contributed by atoms with Crippen LogP contribution in [0.1, 0.15) is 47.5 Å². The van der Waals surface area contributed by atoms with Crippen LogP contribution in [-0.2, 0) is 0 Å². The molecular weight excluding hydrogens is 376 g/mol. The van der Waals surface area contributed by atoms with Crippen molar-refractivity contribution in [2.24, 2.45) is 0 Å². The second-order valence-corrected chi connectivity index (χ2v) is 7.92. The molecule has 2 aromatic rings. The number of phenolic OH excluding ortho intramolecular Hbond substituents is 1. The van der Waals surface area contributed by atoms with E-state index in [4.69, 9.17) is 23.2 Å². The topological polar surface area (TPSA) is 40.5 Å². The first-order valence-corrected chi connectivity index (χ1v) is 9.45. The Bertz CT molecular complexity index is 818. The molecule has 2 atom stereocenters. The normalized spacial score (nSPS) is 24.7. The number of amides is 1. The highest BCUT2D eigenvalue weighted by atomic mass is 35.5. The maximum absolute atomic E-state index is 13.2. The zero-order valence-corrected chi connectivity index (χ0v) is 15.5. The summed E-state index contributed by atoms with van der Waals surface area (Å²) in [6, 6.07) is 9.93. The van der Waals surface area contributed by atoms with Crippen molar-refractivity contribution in [2.45, 2.75) is 43.7 Å². The van der Waals surface area contributed by atoms with Gasteiger partial charge in [0.1, 0.15) is 5.82 Å². The third kappa shape index (κ3) is 3.06. The number of carbonyl (C=O) groups is 1. The highest BCUT2D eigenvalue weighted by molar-refractivity contribution is 6.37. The number of benzene rings is 2. The molecule has 0 radical (unpaired) electrons. The molecule has 26 heavy (non-hydrogen) atoms. The van der Waals surface area contributed by atoms with Crippen LogP contribution in [0.2, 0.25) is 10.0 Å². The average molecular weight is 394 g/mol. The van der Waals surface area contributed by atoms with Crippen molar-refractivity contribution in [3.05, 3.63) is 63.4 Å². The minimum Gasteiger partial charge on any atom is -0.505 e. The average Bonchev–Trinajstić information content (AvgIpc) is 2.88. The fraction of sp³-hybridized carbons (Fsp3) is 0.350. The molecule has 2 aliphatic heterocycles. The molecule has 0 saturated carbocycles. The molecule has 2 unspecified atom stereocenters. The van der Waals surface area contributed by atoms with Gasteiger partial charge in [-0.3, -0.25) is 4.79 Å². The van der Waals surface area contributed by atoms with E-state index in [1.807, 2.05) is 17.0 Å². The van der Waals surface area contributed by atoms with Gasteiger partial charge >= 0.3 is 0 Å². The van der Waals surface area contributed by atoms with E-state index in [0.29, 0.717) is 11.5 Å². The number of nitrogens with zero attached hydrogens (tertiary/aromatic N) is 1. The Morgan fingerprint density at radius 3 is 2.12 bits per heavy atom. The van der Waals surface area contributed by atoms with E-state index in [2.05, 4.69) is 0 Å². The molecule has 136 valence electrons. The number of aromatic hydroxyl groups is 1. The Hall–Kier alpha value is -1.78. The summed E-state index contributed by atoms with van der Waals surface area (Å²) in [6.07, 6.45) is 3.67. The van der Waals surface area contributed by atoms with Crippen molar-refractivity contribution in [3.63, 3.8) is 0 Å². The van der Waals surface area contributed by atoms with Crippen molar-refractivity contribution in [3.8, 4) is 5.75 Å². The number of rotatable bonds is 2. The lowest BCUT2D eigenvalue weighted by molar-refractivity contribution is 0.0571. The van der Waals surface area contributed by atoms with E-state index in [1.54, 1.807) is 0 Å². The minimum absolute atomic E-state index is 0.0781. The molecule has 2 bridgehead atoms. The van der Waals surface area contributed by atoms with Crippen LogP contribution < -0.4 is 0 Å². The number of fused-ring (bicyclic) bond motifs is 2. The third-order valence-electron chi connectivity index (χ3n) is 5.57. The SMILES string of the molecule is O=C(c1cc(Cl)c(O)c(Cl)c1)N1C2CCC1CC(c1ccc(F)cc1)C2. The minimum atomic E-state index is -0.231. The summed E-state index contributed by atoms with van der Waals surface area (Å²) in [5, 5.41) is 9.86. The zero-order valence-electron chi connectivity index (χ0n) is 14.0. The van der Waals surface area contributed by atoms with Crippen molar-refractivity contribution >= 4 is 29.1 Å². The summed E-state index contributed by atoms with van der Waals surface area (Å²) in [4.78, 5) is 15.0. The molecule has 6 heteroatoms. The summed E-state index contributed by atoms with van der Waals surface area (Å²) >= 11 is 11.9. The molecule has 0 aliphatic carbocycles. The fourth-order valence-electron chi connectivity index (χ4n) is 4.35. The van der Waals surface area contributed by atoms with E-state index in [1.165, 1.54) is 24.3 Å². The standard InChI is InChI=1S/C20H18Cl2FNO2/c21-17-9-13(10-18(22)19(17)25)20(26)24-15-5-6-16(24)8-12(7-15)11-1-3-14(23)4-2-11/h1-4,9-10,12,15-16,25H,5-8H2. The molecular formula is C20H18Cl2FNO2. The van der Waals surface area contributed by atoms with Gasteiger partial charge in [-0.15, -0.1) is 0 Å². The van der Waals surface area contributed by atoms with Gasteiger partial charge in [0.2, 0.25) is 0 Å². The first kappa shape index (κ1) is 17.6. The first-order valence-electron chi connectivity index (χ1n) is 8.70. The third-order valence-corrected chi connectivity index (χ3v) is 6.15. The van der Waals surface area contributed by atoms with E-state index in [9.17, 15) is 14.3 Å². The van der Waals surface area contributed by atoms with Crippen molar-refractivity contribution in [2.75, 3.05) is 0 Å². The van der Waals surface area contributed by atoms with Crippen molar-refractivity contribution in [1.29, 1.82) is 0 Å². The summed E-state index contributed by atoms with van der Waals surface area (Å²) in [5.41, 5.74) is 1.53. The smallest absolute Gasteiger partial charge is 0.254 e. The maximum atomic E-state index is 13.2. The Labute approximate surface area is 161 Å². The molecule has 1 N–H and O–H groups in total. The second kappa shape index (κ2) is 6.75. The predicted molar refractivity (Wildman–Crippen MR) is 99.5 cm³/mol. The zero-order chi connectivity index (χ0) is 18.4. The highest BCUT2D eigenvalue weighted by Gasteiger charge is 2.43. The van der Waals surface area contributed by atoms with Crippen LogP contribution in [0, 0.1) is 5.82 Å². The Balaban J connectivity index is 1.56. The lowest BCUT2D eigenvalue weighted by Gasteiger charge is -2.39. The molecule has 2 aliphatic rings. The number of halogens is 3. The van der Waals surface area contributed by atoms with Crippen LogP contribution in [0.25, 0.3) is 0 Å². The molecule has 3 nitrogen and oxygen atoms in total. The second-order valence-electron chi connectivity index (χ2n) is 7.11. The van der Waals surface area contributed by atoms with Gasteiger partial charge in [0, 0.05) is 17.6 Å². The summed E-state index contributed by atoms with van der Waals surface area (Å²) in [7, 11) is 0. The molecule has 2 fully saturated rings. The van der Waals surface area contributed by atoms with Crippen LogP contribution >= 0.6 is 23.2 Å². The quantitative estimate of drug-likeness (QED) is 0.742. The number of piperidine rings is 1. The molecule has 1 amide bonds. The molecule has 2 heterocycles. The van der Waals surface area contributed by atoms with Crippen LogP contribution in [0.3, 0.4) is 0 Å². The van der Waals surface area contributed by atoms with E-state index in [0.717, 1.165) is 31.2 Å². The van der Waals surface area contributed by atoms with Gasteiger partial charge in [0.25, 0.3) is 5.91 Å². The van der Waals surface area contributed by atoms with Gasteiger partial charge in [0.05, 0.1) is 10.0 Å². The van der Waals surface area contributed by atoms with Gasteiger partial charge in [-0.25, -0.2) is 4.39 Å². The summed E-state index contributed by atoms with van der Waals surface area (Å²) < 4.78 is 13.2. The van der Waals surface area contributed by atoms with Crippen LogP contribution in [0.15, 0.2) is 36.4 Å². The van der Waals surface area contributed by atoms with E-state index in [-0.39, 0.29) is 39.6 Å². The van der Waals surface area contributed by atoms with E-state index >= 15 is 0 Å². The number of phenols is 1. The number of hydrogen-bond acceptors (Lipinski definition) is 2. The van der Waals surface area contributed by atoms with Gasteiger partial charge in [-0.2, -0.15) is 0 Å². The monoisotopic (exact) mass is 393 g/mol. The van der Waals surface area contributed by atoms with Crippen LogP contribution in [0.5, 0.6) is 5.75 Å². The maximum Gasteiger partial charge on any atom is 0.254 e. The fourth-order valence-corrected chi connectivity index (χ4v) is 4.84. The summed E-state index contributed by atoms with van der Waals surface area (Å²) in [5.74, 6) is -0.198. The first-order chi connectivity index (χ1) is 12.4. The lowest BCUT2D eigenvalue weighted by Crippen LogP contribution is -2.46. The van der Waals surface area contributed by atoms with Crippen molar-refractivity contribution < 1.29 is 14.3 Å². The Kier molecular flexibility index (Phi) is 4.57. The molecule has 2 aromatic carbocycles. The Morgan fingerprint density at radius 2 is 1.58 bits per heavy atom. The highest BCUT2D eigenvalue weighted by Crippen LogP contribution is 2.44. The number of hydrogen-bond donors (Lipinski definition) is 1. The van der Waals surface area contributed by atoms with Gasteiger partial charge in [-0.05, 0) is 61.4 Å².